The standard InChI is InChI=1S/C13H12N2O2S/c1-16-10-4-3-8(5-11(10)17-2)12-6-9(7-14)13(15)18-12/h3-6H,15H2,1-2H3. The third-order valence-corrected chi connectivity index (χ3v) is 3.56. The van der Waals surface area contributed by atoms with Crippen LogP contribution in [0.15, 0.2) is 24.3 Å². The van der Waals surface area contributed by atoms with Gasteiger partial charge in [-0.05, 0) is 29.8 Å². The highest BCUT2D eigenvalue weighted by molar-refractivity contribution is 7.19. The molecule has 2 aromatic rings. The van der Waals surface area contributed by atoms with Crippen molar-refractivity contribution in [1.29, 1.82) is 5.26 Å². The molecule has 0 atom stereocenters. The first-order valence-electron chi connectivity index (χ1n) is 5.21. The Morgan fingerprint density at radius 1 is 1.17 bits per heavy atom. The zero-order valence-corrected chi connectivity index (χ0v) is 10.9. The summed E-state index contributed by atoms with van der Waals surface area (Å²) in [5, 5.41) is 9.42. The van der Waals surface area contributed by atoms with Crippen LogP contribution in [0.3, 0.4) is 0 Å². The molecule has 0 saturated carbocycles. The molecule has 0 aliphatic carbocycles. The molecule has 0 aliphatic rings. The lowest BCUT2D eigenvalue weighted by Crippen LogP contribution is -1.90. The average Bonchev–Trinajstić information content (AvgIpc) is 2.79. The smallest absolute Gasteiger partial charge is 0.161 e. The van der Waals surface area contributed by atoms with Gasteiger partial charge in [0, 0.05) is 4.88 Å². The van der Waals surface area contributed by atoms with E-state index in [4.69, 9.17) is 20.5 Å². The number of nitrogens with two attached hydrogens (primary N) is 1. The summed E-state index contributed by atoms with van der Waals surface area (Å²) < 4.78 is 10.4. The van der Waals surface area contributed by atoms with Crippen LogP contribution >= 0.6 is 11.3 Å². The van der Waals surface area contributed by atoms with Crippen molar-refractivity contribution in [1.82, 2.24) is 0 Å². The molecule has 5 heteroatoms. The largest absolute Gasteiger partial charge is 0.493 e. The first kappa shape index (κ1) is 12.3. The number of rotatable bonds is 3. The van der Waals surface area contributed by atoms with E-state index in [9.17, 15) is 0 Å². The molecule has 4 nitrogen and oxygen atoms in total. The van der Waals surface area contributed by atoms with Crippen molar-refractivity contribution in [3.63, 3.8) is 0 Å². The summed E-state index contributed by atoms with van der Waals surface area (Å²) in [5.41, 5.74) is 7.21. The van der Waals surface area contributed by atoms with Crippen molar-refractivity contribution >= 4 is 16.3 Å². The second-order valence-corrected chi connectivity index (χ2v) is 4.65. The van der Waals surface area contributed by atoms with Crippen molar-refractivity contribution in [2.75, 3.05) is 20.0 Å². The highest BCUT2D eigenvalue weighted by Gasteiger charge is 2.10. The van der Waals surface area contributed by atoms with E-state index >= 15 is 0 Å². The minimum absolute atomic E-state index is 0.504. The van der Waals surface area contributed by atoms with Gasteiger partial charge in [0.2, 0.25) is 0 Å². The number of nitriles is 1. The van der Waals surface area contributed by atoms with Crippen LogP contribution in [0, 0.1) is 11.3 Å². The van der Waals surface area contributed by atoms with Crippen LogP contribution in [0.5, 0.6) is 11.5 Å². The van der Waals surface area contributed by atoms with Gasteiger partial charge in [0.25, 0.3) is 0 Å². The Morgan fingerprint density at radius 2 is 1.89 bits per heavy atom. The fourth-order valence-corrected chi connectivity index (χ4v) is 2.50. The second kappa shape index (κ2) is 4.98. The van der Waals surface area contributed by atoms with Crippen molar-refractivity contribution in [2.24, 2.45) is 0 Å². The van der Waals surface area contributed by atoms with Crippen LogP contribution < -0.4 is 15.2 Å². The number of nitrogens with zero attached hydrogens (tertiary/aromatic N) is 1. The lowest BCUT2D eigenvalue weighted by atomic mass is 10.1. The summed E-state index contributed by atoms with van der Waals surface area (Å²) in [4.78, 5) is 0.935. The molecule has 0 saturated heterocycles. The van der Waals surface area contributed by atoms with Gasteiger partial charge in [0.1, 0.15) is 11.1 Å². The molecule has 0 fully saturated rings. The number of ether oxygens (including phenoxy) is 2. The van der Waals surface area contributed by atoms with Gasteiger partial charge in [-0.3, -0.25) is 0 Å². The molecular formula is C13H12N2O2S. The van der Waals surface area contributed by atoms with Gasteiger partial charge in [0.05, 0.1) is 19.8 Å². The lowest BCUT2D eigenvalue weighted by molar-refractivity contribution is 0.355. The zero-order valence-electron chi connectivity index (χ0n) is 10.1. The quantitative estimate of drug-likeness (QED) is 0.921. The Labute approximate surface area is 109 Å². The fraction of sp³-hybridized carbons (Fsp3) is 0.154. The summed E-state index contributed by atoms with van der Waals surface area (Å²) in [5.74, 6) is 1.33. The fourth-order valence-electron chi connectivity index (χ4n) is 1.62. The van der Waals surface area contributed by atoms with Gasteiger partial charge in [0.15, 0.2) is 11.5 Å². The van der Waals surface area contributed by atoms with Crippen LogP contribution in [0.4, 0.5) is 5.00 Å². The summed E-state index contributed by atoms with van der Waals surface area (Å²) in [6, 6.07) is 9.45. The number of methoxy groups -OCH3 is 2. The molecule has 0 amide bonds. The normalized spacial score (nSPS) is 9.83. The highest BCUT2D eigenvalue weighted by Crippen LogP contribution is 2.37. The van der Waals surface area contributed by atoms with Crippen LogP contribution in [0.2, 0.25) is 0 Å². The van der Waals surface area contributed by atoms with Crippen LogP contribution in [0.1, 0.15) is 5.56 Å². The molecule has 1 aromatic carbocycles. The molecule has 1 heterocycles. The Balaban J connectivity index is 2.48. The Morgan fingerprint density at radius 3 is 2.44 bits per heavy atom. The SMILES string of the molecule is COc1ccc(-c2cc(C#N)c(N)s2)cc1OC. The van der Waals surface area contributed by atoms with Gasteiger partial charge >= 0.3 is 0 Å². The maximum Gasteiger partial charge on any atom is 0.161 e. The van der Waals surface area contributed by atoms with Crippen LogP contribution in [-0.2, 0) is 0 Å². The van der Waals surface area contributed by atoms with Gasteiger partial charge in [-0.15, -0.1) is 11.3 Å². The van der Waals surface area contributed by atoms with Gasteiger partial charge in [-0.25, -0.2) is 0 Å². The third-order valence-electron chi connectivity index (χ3n) is 2.55. The molecule has 2 N–H and O–H groups in total. The topological polar surface area (TPSA) is 68.3 Å². The number of anilines is 1. The maximum absolute atomic E-state index is 8.89. The molecular weight excluding hydrogens is 248 g/mol. The zero-order chi connectivity index (χ0) is 13.1. The van der Waals surface area contributed by atoms with Crippen molar-refractivity contribution in [3.05, 3.63) is 29.8 Å². The maximum atomic E-state index is 8.89. The lowest BCUT2D eigenvalue weighted by Gasteiger charge is -2.08. The van der Waals surface area contributed by atoms with E-state index in [0.717, 1.165) is 10.4 Å². The molecule has 18 heavy (non-hydrogen) atoms. The van der Waals surface area contributed by atoms with Crippen molar-refractivity contribution in [2.45, 2.75) is 0 Å². The van der Waals surface area contributed by atoms with E-state index in [2.05, 4.69) is 6.07 Å². The second-order valence-electron chi connectivity index (χ2n) is 3.57. The Kier molecular flexibility index (Phi) is 3.40. The number of hydrogen-bond donors (Lipinski definition) is 1. The van der Waals surface area contributed by atoms with Gasteiger partial charge in [-0.1, -0.05) is 0 Å². The van der Waals surface area contributed by atoms with Crippen molar-refractivity contribution < 1.29 is 9.47 Å². The predicted octanol–water partition coefficient (Wildman–Crippen LogP) is 2.89. The van der Waals surface area contributed by atoms with E-state index in [1.807, 2.05) is 18.2 Å². The number of thiophene rings is 1. The summed E-state index contributed by atoms with van der Waals surface area (Å²) >= 11 is 1.38. The number of hydrogen-bond acceptors (Lipinski definition) is 5. The van der Waals surface area contributed by atoms with E-state index in [1.165, 1.54) is 11.3 Å². The Hall–Kier alpha value is -2.19. The Bertz CT molecular complexity index is 614. The molecule has 0 unspecified atom stereocenters. The molecule has 0 bridgehead atoms. The number of benzene rings is 1. The summed E-state index contributed by atoms with van der Waals surface area (Å²) in [6.07, 6.45) is 0. The summed E-state index contributed by atoms with van der Waals surface area (Å²) in [7, 11) is 3.18. The molecule has 0 spiro atoms. The minimum Gasteiger partial charge on any atom is -0.493 e. The van der Waals surface area contributed by atoms with E-state index in [1.54, 1.807) is 20.3 Å². The van der Waals surface area contributed by atoms with Crippen molar-refractivity contribution in [3.8, 4) is 28.0 Å². The van der Waals surface area contributed by atoms with Gasteiger partial charge in [-0.2, -0.15) is 5.26 Å². The molecule has 92 valence electrons. The minimum atomic E-state index is 0.504. The predicted molar refractivity (Wildman–Crippen MR) is 72.0 cm³/mol. The summed E-state index contributed by atoms with van der Waals surface area (Å²) in [6.45, 7) is 0. The molecule has 2 rings (SSSR count). The molecule has 0 radical (unpaired) electrons. The van der Waals surface area contributed by atoms with Crippen LogP contribution in [-0.4, -0.2) is 14.2 Å². The van der Waals surface area contributed by atoms with Crippen LogP contribution in [0.25, 0.3) is 10.4 Å². The monoisotopic (exact) mass is 260 g/mol. The van der Waals surface area contributed by atoms with E-state index < -0.39 is 0 Å². The first-order chi connectivity index (χ1) is 8.69. The highest BCUT2D eigenvalue weighted by atomic mass is 32.1. The first-order valence-corrected chi connectivity index (χ1v) is 6.03. The molecule has 0 aliphatic heterocycles. The third kappa shape index (κ3) is 2.11. The van der Waals surface area contributed by atoms with E-state index in [-0.39, 0.29) is 0 Å². The average molecular weight is 260 g/mol. The number of nitrogen functional groups attached to an aromatic ring is 1. The van der Waals surface area contributed by atoms with E-state index in [0.29, 0.717) is 22.1 Å². The van der Waals surface area contributed by atoms with Gasteiger partial charge < -0.3 is 15.2 Å². The molecule has 1 aromatic heterocycles.